The van der Waals surface area contributed by atoms with E-state index >= 15 is 0 Å². The zero-order chi connectivity index (χ0) is 15.2. The fourth-order valence-corrected chi connectivity index (χ4v) is 2.71. The SMILES string of the molecule is CC(C)COCCOC1CCC(NC(C)C)(C(N)=O)C1. The summed E-state index contributed by atoms with van der Waals surface area (Å²) in [6.07, 6.45) is 2.37. The first kappa shape index (κ1) is 17.4. The maximum atomic E-state index is 11.7. The summed E-state index contributed by atoms with van der Waals surface area (Å²) in [5.74, 6) is 0.271. The molecular weight excluding hydrogens is 256 g/mol. The van der Waals surface area contributed by atoms with Gasteiger partial charge in [0.05, 0.1) is 19.3 Å². The van der Waals surface area contributed by atoms with Gasteiger partial charge in [-0.25, -0.2) is 0 Å². The van der Waals surface area contributed by atoms with Crippen molar-refractivity contribution >= 4 is 5.91 Å². The summed E-state index contributed by atoms with van der Waals surface area (Å²) in [7, 11) is 0. The maximum absolute atomic E-state index is 11.7. The molecule has 0 aliphatic heterocycles. The van der Waals surface area contributed by atoms with Crippen LogP contribution in [0.1, 0.15) is 47.0 Å². The first-order valence-electron chi connectivity index (χ1n) is 7.62. The predicted molar refractivity (Wildman–Crippen MR) is 79.4 cm³/mol. The van der Waals surface area contributed by atoms with Gasteiger partial charge in [-0.15, -0.1) is 0 Å². The van der Waals surface area contributed by atoms with Gasteiger partial charge in [-0.3, -0.25) is 4.79 Å². The Labute approximate surface area is 122 Å². The van der Waals surface area contributed by atoms with E-state index in [1.54, 1.807) is 0 Å². The van der Waals surface area contributed by atoms with Crippen molar-refractivity contribution in [3.8, 4) is 0 Å². The van der Waals surface area contributed by atoms with Crippen LogP contribution in [0.4, 0.5) is 0 Å². The van der Waals surface area contributed by atoms with Crippen LogP contribution < -0.4 is 11.1 Å². The molecule has 1 amide bonds. The second-order valence-electron chi connectivity index (χ2n) is 6.45. The van der Waals surface area contributed by atoms with E-state index in [0.717, 1.165) is 19.4 Å². The van der Waals surface area contributed by atoms with Crippen LogP contribution in [0.15, 0.2) is 0 Å². The minimum absolute atomic E-state index is 0.0939. The fourth-order valence-electron chi connectivity index (χ4n) is 2.71. The molecule has 1 aliphatic carbocycles. The molecule has 20 heavy (non-hydrogen) atoms. The van der Waals surface area contributed by atoms with Crippen LogP contribution in [0.2, 0.25) is 0 Å². The molecule has 1 saturated carbocycles. The molecule has 0 spiro atoms. The van der Waals surface area contributed by atoms with Gasteiger partial charge in [-0.2, -0.15) is 0 Å². The Hall–Kier alpha value is -0.650. The third kappa shape index (κ3) is 5.38. The highest BCUT2D eigenvalue weighted by atomic mass is 16.5. The van der Waals surface area contributed by atoms with E-state index < -0.39 is 5.54 Å². The van der Waals surface area contributed by atoms with Crippen LogP contribution in [0.3, 0.4) is 0 Å². The van der Waals surface area contributed by atoms with Gasteiger partial charge in [0, 0.05) is 19.1 Å². The Morgan fingerprint density at radius 1 is 1.35 bits per heavy atom. The van der Waals surface area contributed by atoms with Crippen LogP contribution in [-0.2, 0) is 14.3 Å². The molecule has 0 aromatic carbocycles. The highest BCUT2D eigenvalue weighted by Crippen LogP contribution is 2.32. The third-order valence-electron chi connectivity index (χ3n) is 3.54. The Kier molecular flexibility index (Phi) is 6.92. The van der Waals surface area contributed by atoms with E-state index in [9.17, 15) is 4.79 Å². The normalized spacial score (nSPS) is 26.6. The van der Waals surface area contributed by atoms with Gasteiger partial charge in [0.25, 0.3) is 0 Å². The van der Waals surface area contributed by atoms with E-state index in [0.29, 0.717) is 25.6 Å². The van der Waals surface area contributed by atoms with Gasteiger partial charge in [0.1, 0.15) is 5.54 Å². The molecule has 0 aromatic rings. The monoisotopic (exact) mass is 286 g/mol. The lowest BCUT2D eigenvalue weighted by Crippen LogP contribution is -2.56. The van der Waals surface area contributed by atoms with Crippen LogP contribution in [0.25, 0.3) is 0 Å². The average molecular weight is 286 g/mol. The molecule has 0 saturated heterocycles. The van der Waals surface area contributed by atoms with Crippen LogP contribution in [0.5, 0.6) is 0 Å². The number of carbonyl (C=O) groups is 1. The zero-order valence-corrected chi connectivity index (χ0v) is 13.3. The van der Waals surface area contributed by atoms with E-state index in [4.69, 9.17) is 15.2 Å². The third-order valence-corrected chi connectivity index (χ3v) is 3.54. The summed E-state index contributed by atoms with van der Waals surface area (Å²) in [4.78, 5) is 11.7. The van der Waals surface area contributed by atoms with Crippen LogP contribution in [0, 0.1) is 5.92 Å². The molecule has 2 atom stereocenters. The lowest BCUT2D eigenvalue weighted by atomic mass is 9.95. The number of hydrogen-bond donors (Lipinski definition) is 2. The number of ether oxygens (including phenoxy) is 2. The summed E-state index contributed by atoms with van der Waals surface area (Å²) in [5, 5.41) is 3.32. The smallest absolute Gasteiger partial charge is 0.237 e. The zero-order valence-electron chi connectivity index (χ0n) is 13.3. The molecule has 0 heterocycles. The van der Waals surface area contributed by atoms with E-state index in [-0.39, 0.29) is 18.1 Å². The van der Waals surface area contributed by atoms with E-state index in [1.165, 1.54) is 0 Å². The number of nitrogens with one attached hydrogen (secondary N) is 1. The molecular formula is C15H30N2O3. The Morgan fingerprint density at radius 2 is 2.05 bits per heavy atom. The van der Waals surface area contributed by atoms with Gasteiger partial charge < -0.3 is 20.5 Å². The summed E-state index contributed by atoms with van der Waals surface area (Å²) in [5.41, 5.74) is 4.97. The van der Waals surface area contributed by atoms with E-state index in [2.05, 4.69) is 19.2 Å². The van der Waals surface area contributed by atoms with E-state index in [1.807, 2.05) is 13.8 Å². The molecule has 1 aliphatic rings. The Morgan fingerprint density at radius 3 is 2.60 bits per heavy atom. The molecule has 1 fully saturated rings. The fraction of sp³-hybridized carbons (Fsp3) is 0.933. The largest absolute Gasteiger partial charge is 0.379 e. The van der Waals surface area contributed by atoms with Crippen molar-refractivity contribution in [2.75, 3.05) is 19.8 Å². The minimum Gasteiger partial charge on any atom is -0.379 e. The standard InChI is InChI=1S/C15H30N2O3/c1-11(2)10-19-7-8-20-13-5-6-15(9-13,14(16)18)17-12(3)4/h11-13,17H,5-10H2,1-4H3,(H2,16,18). The van der Waals surface area contributed by atoms with Crippen molar-refractivity contribution < 1.29 is 14.3 Å². The van der Waals surface area contributed by atoms with Gasteiger partial charge in [0.15, 0.2) is 0 Å². The number of amides is 1. The number of hydrogen-bond acceptors (Lipinski definition) is 4. The number of carbonyl (C=O) groups excluding carboxylic acids is 1. The molecule has 2 unspecified atom stereocenters. The second kappa shape index (κ2) is 7.96. The minimum atomic E-state index is -0.600. The van der Waals surface area contributed by atoms with Gasteiger partial charge in [0.2, 0.25) is 5.91 Å². The van der Waals surface area contributed by atoms with Gasteiger partial charge in [-0.05, 0) is 32.6 Å². The quantitative estimate of drug-likeness (QED) is 0.629. The highest BCUT2D eigenvalue weighted by Gasteiger charge is 2.44. The summed E-state index contributed by atoms with van der Waals surface area (Å²) >= 11 is 0. The number of nitrogens with two attached hydrogens (primary N) is 1. The van der Waals surface area contributed by atoms with Crippen molar-refractivity contribution in [2.45, 2.75) is 64.6 Å². The summed E-state index contributed by atoms with van der Waals surface area (Å²) < 4.78 is 11.3. The molecule has 0 bridgehead atoms. The maximum Gasteiger partial charge on any atom is 0.237 e. The van der Waals surface area contributed by atoms with Crippen molar-refractivity contribution in [1.29, 1.82) is 0 Å². The molecule has 0 aromatic heterocycles. The van der Waals surface area contributed by atoms with Crippen molar-refractivity contribution in [3.63, 3.8) is 0 Å². The topological polar surface area (TPSA) is 73.6 Å². The predicted octanol–water partition coefficient (Wildman–Crippen LogP) is 1.45. The second-order valence-corrected chi connectivity index (χ2v) is 6.45. The number of primary amides is 1. The lowest BCUT2D eigenvalue weighted by molar-refractivity contribution is -0.125. The lowest BCUT2D eigenvalue weighted by Gasteiger charge is -2.29. The first-order valence-corrected chi connectivity index (χ1v) is 7.62. The Bertz CT molecular complexity index is 307. The molecule has 1 rings (SSSR count). The molecule has 5 heteroatoms. The van der Waals surface area contributed by atoms with Gasteiger partial charge in [-0.1, -0.05) is 13.8 Å². The van der Waals surface area contributed by atoms with Gasteiger partial charge >= 0.3 is 0 Å². The highest BCUT2D eigenvalue weighted by molar-refractivity contribution is 5.85. The summed E-state index contributed by atoms with van der Waals surface area (Å²) in [6.45, 7) is 10.2. The van der Waals surface area contributed by atoms with Crippen molar-refractivity contribution in [2.24, 2.45) is 11.7 Å². The first-order chi connectivity index (χ1) is 9.35. The molecule has 0 radical (unpaired) electrons. The van der Waals surface area contributed by atoms with Crippen molar-refractivity contribution in [3.05, 3.63) is 0 Å². The van der Waals surface area contributed by atoms with Crippen LogP contribution >= 0.6 is 0 Å². The molecule has 3 N–H and O–H groups in total. The number of rotatable bonds is 9. The van der Waals surface area contributed by atoms with Crippen LogP contribution in [-0.4, -0.2) is 43.4 Å². The average Bonchev–Trinajstić information content (AvgIpc) is 2.72. The van der Waals surface area contributed by atoms with Crippen molar-refractivity contribution in [1.82, 2.24) is 5.32 Å². The Balaban J connectivity index is 2.32. The molecule has 5 nitrogen and oxygen atoms in total. The summed E-state index contributed by atoms with van der Waals surface area (Å²) in [6, 6.07) is 0.232. The molecule has 118 valence electrons.